The fourth-order valence-corrected chi connectivity index (χ4v) is 2.03. The highest BCUT2D eigenvalue weighted by Gasteiger charge is 2.27. The number of rotatable bonds is 5. The Morgan fingerprint density at radius 3 is 2.76 bits per heavy atom. The molecule has 1 fully saturated rings. The summed E-state index contributed by atoms with van der Waals surface area (Å²) in [5.74, 6) is -1.11. The van der Waals surface area contributed by atoms with Crippen LogP contribution >= 0.6 is 0 Å². The van der Waals surface area contributed by atoms with E-state index in [-0.39, 0.29) is 11.8 Å². The SMILES string of the molecule is CC(C)NCCC(=O)N1CCCC(C(=O)O)C1. The fourth-order valence-electron chi connectivity index (χ4n) is 2.03. The van der Waals surface area contributed by atoms with Gasteiger partial charge in [0.2, 0.25) is 5.91 Å². The van der Waals surface area contributed by atoms with Crippen LogP contribution in [0.5, 0.6) is 0 Å². The van der Waals surface area contributed by atoms with Gasteiger partial charge in [-0.2, -0.15) is 0 Å². The highest BCUT2D eigenvalue weighted by atomic mass is 16.4. The smallest absolute Gasteiger partial charge is 0.308 e. The molecule has 1 saturated heterocycles. The highest BCUT2D eigenvalue weighted by Crippen LogP contribution is 2.17. The second kappa shape index (κ2) is 6.59. The Balaban J connectivity index is 2.33. The second-order valence-electron chi connectivity index (χ2n) is 4.88. The van der Waals surface area contributed by atoms with Crippen molar-refractivity contribution in [2.45, 2.75) is 39.2 Å². The average molecular weight is 242 g/mol. The van der Waals surface area contributed by atoms with E-state index in [9.17, 15) is 9.59 Å². The van der Waals surface area contributed by atoms with E-state index in [1.165, 1.54) is 0 Å². The monoisotopic (exact) mass is 242 g/mol. The largest absolute Gasteiger partial charge is 0.481 e. The number of nitrogens with zero attached hydrogens (tertiary/aromatic N) is 1. The van der Waals surface area contributed by atoms with Crippen LogP contribution in [0.1, 0.15) is 33.1 Å². The van der Waals surface area contributed by atoms with Gasteiger partial charge in [-0.3, -0.25) is 9.59 Å². The maximum absolute atomic E-state index is 11.8. The lowest BCUT2D eigenvalue weighted by molar-refractivity contribution is -0.145. The zero-order valence-corrected chi connectivity index (χ0v) is 10.6. The van der Waals surface area contributed by atoms with Crippen LogP contribution in [0.15, 0.2) is 0 Å². The summed E-state index contributed by atoms with van der Waals surface area (Å²) in [4.78, 5) is 24.4. The maximum atomic E-state index is 11.8. The Morgan fingerprint density at radius 2 is 2.18 bits per heavy atom. The highest BCUT2D eigenvalue weighted by molar-refractivity contribution is 5.78. The van der Waals surface area contributed by atoms with Crippen molar-refractivity contribution in [3.05, 3.63) is 0 Å². The van der Waals surface area contributed by atoms with Crippen molar-refractivity contribution in [3.8, 4) is 0 Å². The average Bonchev–Trinajstić information content (AvgIpc) is 2.28. The lowest BCUT2D eigenvalue weighted by Gasteiger charge is -2.30. The summed E-state index contributed by atoms with van der Waals surface area (Å²) >= 11 is 0. The van der Waals surface area contributed by atoms with Crippen molar-refractivity contribution in [2.75, 3.05) is 19.6 Å². The van der Waals surface area contributed by atoms with Gasteiger partial charge in [-0.05, 0) is 12.8 Å². The van der Waals surface area contributed by atoms with E-state index in [0.29, 0.717) is 38.5 Å². The van der Waals surface area contributed by atoms with Crippen LogP contribution in [-0.4, -0.2) is 47.6 Å². The van der Waals surface area contributed by atoms with Crippen LogP contribution in [0.4, 0.5) is 0 Å². The molecule has 2 N–H and O–H groups in total. The van der Waals surface area contributed by atoms with Crippen LogP contribution in [0.3, 0.4) is 0 Å². The minimum absolute atomic E-state index is 0.0594. The lowest BCUT2D eigenvalue weighted by Crippen LogP contribution is -2.43. The molecular weight excluding hydrogens is 220 g/mol. The molecule has 5 heteroatoms. The van der Waals surface area contributed by atoms with Gasteiger partial charge in [0, 0.05) is 32.1 Å². The first-order valence-corrected chi connectivity index (χ1v) is 6.24. The van der Waals surface area contributed by atoms with Crippen molar-refractivity contribution in [1.82, 2.24) is 10.2 Å². The molecule has 1 rings (SSSR count). The summed E-state index contributed by atoms with van der Waals surface area (Å²) in [7, 11) is 0. The number of aliphatic carboxylic acids is 1. The third kappa shape index (κ3) is 4.73. The quantitative estimate of drug-likeness (QED) is 0.744. The molecule has 1 atom stereocenters. The van der Waals surface area contributed by atoms with Crippen LogP contribution in [0.25, 0.3) is 0 Å². The van der Waals surface area contributed by atoms with Crippen molar-refractivity contribution >= 4 is 11.9 Å². The number of nitrogens with one attached hydrogen (secondary N) is 1. The van der Waals surface area contributed by atoms with Gasteiger partial charge < -0.3 is 15.3 Å². The Bertz CT molecular complexity index is 279. The zero-order chi connectivity index (χ0) is 12.8. The summed E-state index contributed by atoms with van der Waals surface area (Å²) in [6.07, 6.45) is 1.92. The van der Waals surface area contributed by atoms with Crippen LogP contribution in [0, 0.1) is 5.92 Å². The van der Waals surface area contributed by atoms with Crippen LogP contribution < -0.4 is 5.32 Å². The van der Waals surface area contributed by atoms with E-state index in [2.05, 4.69) is 5.32 Å². The third-order valence-corrected chi connectivity index (χ3v) is 3.01. The molecule has 0 aromatic heterocycles. The number of hydrogen-bond donors (Lipinski definition) is 2. The molecule has 1 aliphatic heterocycles. The van der Waals surface area contributed by atoms with Crippen molar-refractivity contribution in [1.29, 1.82) is 0 Å². The summed E-state index contributed by atoms with van der Waals surface area (Å²) in [5, 5.41) is 12.1. The van der Waals surface area contributed by atoms with E-state index < -0.39 is 5.97 Å². The first-order chi connectivity index (χ1) is 8.00. The Hall–Kier alpha value is -1.10. The maximum Gasteiger partial charge on any atom is 0.308 e. The van der Waals surface area contributed by atoms with Gasteiger partial charge >= 0.3 is 5.97 Å². The van der Waals surface area contributed by atoms with Gasteiger partial charge in [0.25, 0.3) is 0 Å². The van der Waals surface area contributed by atoms with E-state index in [4.69, 9.17) is 5.11 Å². The molecule has 1 amide bonds. The predicted octanol–water partition coefficient (Wildman–Crippen LogP) is 0.698. The van der Waals surface area contributed by atoms with E-state index >= 15 is 0 Å². The zero-order valence-electron chi connectivity index (χ0n) is 10.6. The summed E-state index contributed by atoms with van der Waals surface area (Å²) in [6, 6.07) is 0.371. The summed E-state index contributed by atoms with van der Waals surface area (Å²) < 4.78 is 0. The van der Waals surface area contributed by atoms with E-state index in [1.807, 2.05) is 13.8 Å². The Morgan fingerprint density at radius 1 is 1.47 bits per heavy atom. The van der Waals surface area contributed by atoms with Gasteiger partial charge in [-0.15, -0.1) is 0 Å². The fraction of sp³-hybridized carbons (Fsp3) is 0.833. The molecule has 0 spiro atoms. The van der Waals surface area contributed by atoms with Crippen molar-refractivity contribution in [2.24, 2.45) is 5.92 Å². The lowest BCUT2D eigenvalue weighted by atomic mass is 9.98. The van der Waals surface area contributed by atoms with E-state index in [0.717, 1.165) is 6.42 Å². The molecule has 0 bridgehead atoms. The summed E-state index contributed by atoms with van der Waals surface area (Å²) in [5.41, 5.74) is 0. The molecule has 98 valence electrons. The van der Waals surface area contributed by atoms with Gasteiger partial charge in [-0.1, -0.05) is 13.8 Å². The number of carbonyl (C=O) groups excluding carboxylic acids is 1. The van der Waals surface area contributed by atoms with Crippen molar-refractivity contribution < 1.29 is 14.7 Å². The molecule has 1 heterocycles. The molecular formula is C12H22N2O3. The van der Waals surface area contributed by atoms with Gasteiger partial charge in [-0.25, -0.2) is 0 Å². The van der Waals surface area contributed by atoms with Gasteiger partial charge in [0.15, 0.2) is 0 Å². The molecule has 0 aromatic rings. The van der Waals surface area contributed by atoms with Gasteiger partial charge in [0.1, 0.15) is 0 Å². The molecule has 0 aromatic carbocycles. The Kier molecular flexibility index (Phi) is 5.41. The number of carboxylic acids is 1. The number of carboxylic acid groups (broad SMARTS) is 1. The number of amides is 1. The van der Waals surface area contributed by atoms with Crippen LogP contribution in [-0.2, 0) is 9.59 Å². The predicted molar refractivity (Wildman–Crippen MR) is 64.7 cm³/mol. The molecule has 0 aliphatic carbocycles. The van der Waals surface area contributed by atoms with Crippen molar-refractivity contribution in [3.63, 3.8) is 0 Å². The standard InChI is InChI=1S/C12H22N2O3/c1-9(2)13-6-5-11(15)14-7-3-4-10(8-14)12(16)17/h9-10,13H,3-8H2,1-2H3,(H,16,17). The number of likely N-dealkylation sites (tertiary alicyclic amines) is 1. The minimum atomic E-state index is -0.789. The Labute approximate surface area is 102 Å². The normalized spacial score (nSPS) is 20.6. The first kappa shape index (κ1) is 14.0. The summed E-state index contributed by atoms with van der Waals surface area (Å²) in [6.45, 7) is 5.79. The first-order valence-electron chi connectivity index (χ1n) is 6.24. The minimum Gasteiger partial charge on any atom is -0.481 e. The van der Waals surface area contributed by atoms with E-state index in [1.54, 1.807) is 4.90 Å². The second-order valence-corrected chi connectivity index (χ2v) is 4.88. The molecule has 17 heavy (non-hydrogen) atoms. The van der Waals surface area contributed by atoms with Gasteiger partial charge in [0.05, 0.1) is 5.92 Å². The number of piperidine rings is 1. The van der Waals surface area contributed by atoms with Crippen LogP contribution in [0.2, 0.25) is 0 Å². The molecule has 0 saturated carbocycles. The number of carbonyl (C=O) groups is 2. The topological polar surface area (TPSA) is 69.6 Å². The molecule has 1 aliphatic rings. The molecule has 1 unspecified atom stereocenters. The third-order valence-electron chi connectivity index (χ3n) is 3.01. The molecule has 5 nitrogen and oxygen atoms in total. The number of hydrogen-bond acceptors (Lipinski definition) is 3. The molecule has 0 radical (unpaired) electrons.